The first-order valence-corrected chi connectivity index (χ1v) is 6.03. The van der Waals surface area contributed by atoms with Gasteiger partial charge in [0.05, 0.1) is 13.7 Å². The van der Waals surface area contributed by atoms with Crippen LogP contribution in [-0.2, 0) is 9.53 Å². The third-order valence-corrected chi connectivity index (χ3v) is 2.96. The van der Waals surface area contributed by atoms with Crippen LogP contribution in [0.15, 0.2) is 24.3 Å². The third kappa shape index (κ3) is 3.23. The van der Waals surface area contributed by atoms with Crippen LogP contribution in [0.2, 0.25) is 0 Å². The van der Waals surface area contributed by atoms with Crippen LogP contribution in [0.4, 0.5) is 5.69 Å². The summed E-state index contributed by atoms with van der Waals surface area (Å²) in [6.07, 6.45) is 0. The number of benzene rings is 1. The monoisotopic (exact) mass is 251 g/mol. The first kappa shape index (κ1) is 14.5. The third-order valence-electron chi connectivity index (χ3n) is 2.96. The lowest BCUT2D eigenvalue weighted by atomic mass is 10.1. The van der Waals surface area contributed by atoms with E-state index in [4.69, 9.17) is 0 Å². The number of aryl methyl sites for hydroxylation is 1. The van der Waals surface area contributed by atoms with Crippen molar-refractivity contribution in [1.82, 2.24) is 0 Å². The molecule has 0 aromatic heterocycles. The highest BCUT2D eigenvalue weighted by Gasteiger charge is 2.33. The molecule has 0 aliphatic heterocycles. The molecule has 0 saturated carbocycles. The van der Waals surface area contributed by atoms with Crippen molar-refractivity contribution in [2.45, 2.75) is 26.4 Å². The number of ether oxygens (including phenoxy) is 1. The van der Waals surface area contributed by atoms with Crippen molar-refractivity contribution in [3.8, 4) is 0 Å². The van der Waals surface area contributed by atoms with Crippen LogP contribution in [0.5, 0.6) is 0 Å². The number of likely N-dealkylation sites (N-methyl/N-ethyl adjacent to an activating group) is 1. The average Bonchev–Trinajstić information content (AvgIpc) is 2.35. The molecule has 0 heterocycles. The fourth-order valence-corrected chi connectivity index (χ4v) is 1.94. The molecule has 0 aliphatic carbocycles. The Morgan fingerprint density at radius 1 is 1.44 bits per heavy atom. The SMILES string of the molecule is CCN(CC(C)(O)C(=O)OC)c1ccccc1C. The quantitative estimate of drug-likeness (QED) is 0.810. The van der Waals surface area contributed by atoms with Crippen LogP contribution in [0.1, 0.15) is 19.4 Å². The number of para-hydroxylation sites is 1. The van der Waals surface area contributed by atoms with Gasteiger partial charge in [-0.25, -0.2) is 4.79 Å². The fourth-order valence-electron chi connectivity index (χ4n) is 1.94. The summed E-state index contributed by atoms with van der Waals surface area (Å²) in [6, 6.07) is 7.89. The van der Waals surface area contributed by atoms with E-state index in [1.807, 2.05) is 43.0 Å². The number of rotatable bonds is 5. The second-order valence-electron chi connectivity index (χ2n) is 4.57. The number of hydrogen-bond acceptors (Lipinski definition) is 4. The molecular weight excluding hydrogens is 230 g/mol. The molecule has 0 bridgehead atoms. The Morgan fingerprint density at radius 2 is 2.06 bits per heavy atom. The molecule has 0 fully saturated rings. The molecule has 18 heavy (non-hydrogen) atoms. The van der Waals surface area contributed by atoms with Gasteiger partial charge in [0, 0.05) is 12.2 Å². The predicted molar refractivity (Wildman–Crippen MR) is 71.7 cm³/mol. The minimum Gasteiger partial charge on any atom is -0.467 e. The summed E-state index contributed by atoms with van der Waals surface area (Å²) >= 11 is 0. The molecule has 1 aromatic rings. The first-order chi connectivity index (χ1) is 8.42. The fraction of sp³-hybridized carbons (Fsp3) is 0.500. The Balaban J connectivity index is 2.93. The molecule has 0 aliphatic rings. The summed E-state index contributed by atoms with van der Waals surface area (Å²) in [6.45, 7) is 6.38. The van der Waals surface area contributed by atoms with Gasteiger partial charge in [0.2, 0.25) is 0 Å². The summed E-state index contributed by atoms with van der Waals surface area (Å²) in [5.74, 6) is -0.616. The number of anilines is 1. The summed E-state index contributed by atoms with van der Waals surface area (Å²) < 4.78 is 4.61. The summed E-state index contributed by atoms with van der Waals surface area (Å²) in [7, 11) is 1.28. The van der Waals surface area contributed by atoms with Gasteiger partial charge in [-0.3, -0.25) is 0 Å². The zero-order chi connectivity index (χ0) is 13.8. The maximum atomic E-state index is 11.5. The zero-order valence-electron chi connectivity index (χ0n) is 11.4. The van der Waals surface area contributed by atoms with Crippen molar-refractivity contribution >= 4 is 11.7 Å². The Morgan fingerprint density at radius 3 is 2.56 bits per heavy atom. The maximum Gasteiger partial charge on any atom is 0.339 e. The smallest absolute Gasteiger partial charge is 0.339 e. The van der Waals surface area contributed by atoms with Crippen LogP contribution < -0.4 is 4.90 Å². The van der Waals surface area contributed by atoms with E-state index < -0.39 is 11.6 Å². The Hall–Kier alpha value is -1.55. The van der Waals surface area contributed by atoms with Crippen molar-refractivity contribution < 1.29 is 14.6 Å². The van der Waals surface area contributed by atoms with Crippen LogP contribution in [0.25, 0.3) is 0 Å². The van der Waals surface area contributed by atoms with E-state index in [1.54, 1.807) is 0 Å². The van der Waals surface area contributed by atoms with Crippen molar-refractivity contribution in [1.29, 1.82) is 0 Å². The minimum absolute atomic E-state index is 0.209. The Labute approximate surface area is 108 Å². The molecule has 0 amide bonds. The molecular formula is C14H21NO3. The first-order valence-electron chi connectivity index (χ1n) is 6.03. The van der Waals surface area contributed by atoms with Gasteiger partial charge in [-0.2, -0.15) is 0 Å². The largest absolute Gasteiger partial charge is 0.467 e. The van der Waals surface area contributed by atoms with Crippen molar-refractivity contribution in [2.75, 3.05) is 25.1 Å². The van der Waals surface area contributed by atoms with Crippen LogP contribution in [-0.4, -0.2) is 36.9 Å². The lowest BCUT2D eigenvalue weighted by Crippen LogP contribution is -2.47. The Kier molecular flexibility index (Phi) is 4.73. The van der Waals surface area contributed by atoms with E-state index >= 15 is 0 Å². The van der Waals surface area contributed by atoms with E-state index in [0.29, 0.717) is 6.54 Å². The molecule has 0 radical (unpaired) electrons. The van der Waals surface area contributed by atoms with Gasteiger partial charge in [-0.15, -0.1) is 0 Å². The molecule has 4 nitrogen and oxygen atoms in total. The predicted octanol–water partition coefficient (Wildman–Crippen LogP) is 1.75. The molecule has 1 N–H and O–H groups in total. The molecule has 0 saturated heterocycles. The van der Waals surface area contributed by atoms with Crippen LogP contribution >= 0.6 is 0 Å². The van der Waals surface area contributed by atoms with Gasteiger partial charge in [-0.1, -0.05) is 18.2 Å². The summed E-state index contributed by atoms with van der Waals surface area (Å²) in [4.78, 5) is 13.5. The number of esters is 1. The number of aliphatic hydroxyl groups is 1. The average molecular weight is 251 g/mol. The molecule has 1 atom stereocenters. The highest BCUT2D eigenvalue weighted by molar-refractivity contribution is 5.79. The molecule has 1 rings (SSSR count). The topological polar surface area (TPSA) is 49.8 Å². The van der Waals surface area contributed by atoms with Crippen molar-refractivity contribution in [3.05, 3.63) is 29.8 Å². The maximum absolute atomic E-state index is 11.5. The van der Waals surface area contributed by atoms with E-state index in [9.17, 15) is 9.90 Å². The number of carbonyl (C=O) groups excluding carboxylic acids is 1. The van der Waals surface area contributed by atoms with Gasteiger partial charge in [-0.05, 0) is 32.4 Å². The van der Waals surface area contributed by atoms with Crippen molar-refractivity contribution in [3.63, 3.8) is 0 Å². The number of carbonyl (C=O) groups is 1. The Bertz CT molecular complexity index is 415. The van der Waals surface area contributed by atoms with Gasteiger partial charge < -0.3 is 14.7 Å². The molecule has 1 unspecified atom stereocenters. The second kappa shape index (κ2) is 5.87. The lowest BCUT2D eigenvalue weighted by molar-refractivity contribution is -0.159. The summed E-state index contributed by atoms with van der Waals surface area (Å²) in [5.41, 5.74) is 0.622. The van der Waals surface area contributed by atoms with Gasteiger partial charge in [0.25, 0.3) is 0 Å². The van der Waals surface area contributed by atoms with Gasteiger partial charge in [0.1, 0.15) is 0 Å². The van der Waals surface area contributed by atoms with E-state index in [0.717, 1.165) is 11.3 Å². The number of nitrogens with zero attached hydrogens (tertiary/aromatic N) is 1. The minimum atomic E-state index is -1.51. The van der Waals surface area contributed by atoms with Gasteiger partial charge >= 0.3 is 5.97 Å². The zero-order valence-corrected chi connectivity index (χ0v) is 11.4. The number of methoxy groups -OCH3 is 1. The van der Waals surface area contributed by atoms with E-state index in [1.165, 1.54) is 14.0 Å². The highest BCUT2D eigenvalue weighted by atomic mass is 16.5. The van der Waals surface area contributed by atoms with Crippen molar-refractivity contribution in [2.24, 2.45) is 0 Å². The summed E-state index contributed by atoms with van der Waals surface area (Å²) in [5, 5.41) is 10.1. The standard InChI is InChI=1S/C14H21NO3/c1-5-15(10-14(3,17)13(16)18-4)12-9-7-6-8-11(12)2/h6-9,17H,5,10H2,1-4H3. The van der Waals surface area contributed by atoms with Crippen LogP contribution in [0.3, 0.4) is 0 Å². The number of hydrogen-bond donors (Lipinski definition) is 1. The molecule has 4 heteroatoms. The normalized spacial score (nSPS) is 13.8. The molecule has 0 spiro atoms. The molecule has 100 valence electrons. The van der Waals surface area contributed by atoms with E-state index in [2.05, 4.69) is 4.74 Å². The van der Waals surface area contributed by atoms with Gasteiger partial charge in [0.15, 0.2) is 5.60 Å². The molecule has 1 aromatic carbocycles. The lowest BCUT2D eigenvalue weighted by Gasteiger charge is -2.31. The highest BCUT2D eigenvalue weighted by Crippen LogP contribution is 2.21. The van der Waals surface area contributed by atoms with E-state index in [-0.39, 0.29) is 6.54 Å². The second-order valence-corrected chi connectivity index (χ2v) is 4.57. The van der Waals surface area contributed by atoms with Crippen LogP contribution in [0, 0.1) is 6.92 Å².